The van der Waals surface area contributed by atoms with Crippen LogP contribution in [0.4, 0.5) is 0 Å². The number of carbonyl (C=O) groups is 1. The van der Waals surface area contributed by atoms with Crippen molar-refractivity contribution in [2.45, 2.75) is 13.8 Å². The highest BCUT2D eigenvalue weighted by molar-refractivity contribution is 5.97. The van der Waals surface area contributed by atoms with Gasteiger partial charge in [0.2, 0.25) is 5.43 Å². The second kappa shape index (κ2) is 5.14. The van der Waals surface area contributed by atoms with E-state index in [1.54, 1.807) is 29.2 Å². The molecule has 0 saturated carbocycles. The van der Waals surface area contributed by atoms with E-state index in [9.17, 15) is 14.7 Å². The van der Waals surface area contributed by atoms with E-state index in [0.29, 0.717) is 24.0 Å². The number of aromatic hydroxyl groups is 1. The lowest BCUT2D eigenvalue weighted by atomic mass is 10.1. The van der Waals surface area contributed by atoms with Gasteiger partial charge in [0.1, 0.15) is 0 Å². The summed E-state index contributed by atoms with van der Waals surface area (Å²) in [5, 5.41) is 10.3. The predicted molar refractivity (Wildman–Crippen MR) is 73.5 cm³/mol. The molecule has 1 heterocycles. The zero-order valence-electron chi connectivity index (χ0n) is 10.9. The van der Waals surface area contributed by atoms with E-state index >= 15 is 0 Å². The second-order valence-corrected chi connectivity index (χ2v) is 4.20. The molecule has 0 aliphatic rings. The molecular formula is C14H16N2O3. The topological polar surface area (TPSA) is 73.4 Å². The van der Waals surface area contributed by atoms with Crippen LogP contribution in [0.5, 0.6) is 5.75 Å². The molecule has 5 nitrogen and oxygen atoms in total. The van der Waals surface area contributed by atoms with Gasteiger partial charge in [-0.25, -0.2) is 0 Å². The smallest absolute Gasteiger partial charge is 0.274 e. The van der Waals surface area contributed by atoms with Gasteiger partial charge in [-0.15, -0.1) is 0 Å². The SMILES string of the molecule is CCN(CC)C(=O)c1[nH]c2ccccc2c(=O)c1O. The number of pyridine rings is 1. The second-order valence-electron chi connectivity index (χ2n) is 4.20. The maximum Gasteiger partial charge on any atom is 0.274 e. The van der Waals surface area contributed by atoms with Crippen LogP contribution < -0.4 is 5.43 Å². The highest BCUT2D eigenvalue weighted by atomic mass is 16.3. The summed E-state index contributed by atoms with van der Waals surface area (Å²) in [6.07, 6.45) is 0. The number of benzene rings is 1. The van der Waals surface area contributed by atoms with Crippen LogP contribution in [0.1, 0.15) is 24.3 Å². The number of fused-ring (bicyclic) bond motifs is 1. The fraction of sp³-hybridized carbons (Fsp3) is 0.286. The molecule has 19 heavy (non-hydrogen) atoms. The fourth-order valence-corrected chi connectivity index (χ4v) is 2.05. The molecule has 2 aromatic rings. The first kappa shape index (κ1) is 13.1. The minimum atomic E-state index is -0.523. The number of aromatic nitrogens is 1. The third-order valence-electron chi connectivity index (χ3n) is 3.15. The van der Waals surface area contributed by atoms with E-state index in [0.717, 1.165) is 0 Å². The maximum absolute atomic E-state index is 12.2. The van der Waals surface area contributed by atoms with Gasteiger partial charge in [0.25, 0.3) is 5.91 Å². The predicted octanol–water partition coefficient (Wildman–Crippen LogP) is 1.72. The number of rotatable bonds is 3. The number of hydrogen-bond acceptors (Lipinski definition) is 3. The molecule has 1 aromatic heterocycles. The van der Waals surface area contributed by atoms with Crippen LogP contribution in [0.15, 0.2) is 29.1 Å². The van der Waals surface area contributed by atoms with Crippen LogP contribution in [0.2, 0.25) is 0 Å². The first-order valence-corrected chi connectivity index (χ1v) is 6.23. The normalized spacial score (nSPS) is 10.6. The Balaban J connectivity index is 2.65. The molecule has 0 aliphatic carbocycles. The van der Waals surface area contributed by atoms with Crippen LogP contribution in [-0.2, 0) is 0 Å². The summed E-state index contributed by atoms with van der Waals surface area (Å²) in [4.78, 5) is 28.6. The van der Waals surface area contributed by atoms with Gasteiger partial charge in [-0.2, -0.15) is 0 Å². The Morgan fingerprint density at radius 3 is 2.53 bits per heavy atom. The minimum absolute atomic E-state index is 0.0487. The lowest BCUT2D eigenvalue weighted by molar-refractivity contribution is 0.0764. The third-order valence-corrected chi connectivity index (χ3v) is 3.15. The van der Waals surface area contributed by atoms with E-state index in [1.807, 2.05) is 13.8 Å². The average Bonchev–Trinajstić information content (AvgIpc) is 2.44. The molecule has 2 rings (SSSR count). The number of para-hydroxylation sites is 1. The quantitative estimate of drug-likeness (QED) is 0.882. The summed E-state index contributed by atoms with van der Waals surface area (Å²) < 4.78 is 0. The summed E-state index contributed by atoms with van der Waals surface area (Å²) in [6.45, 7) is 4.72. The highest BCUT2D eigenvalue weighted by Gasteiger charge is 2.20. The van der Waals surface area contributed by atoms with E-state index in [4.69, 9.17) is 0 Å². The number of H-pyrrole nitrogens is 1. The van der Waals surface area contributed by atoms with Gasteiger partial charge in [-0.3, -0.25) is 9.59 Å². The molecule has 0 atom stereocenters. The van der Waals surface area contributed by atoms with Gasteiger partial charge in [0, 0.05) is 18.5 Å². The van der Waals surface area contributed by atoms with Crippen molar-refractivity contribution in [3.63, 3.8) is 0 Å². The Morgan fingerprint density at radius 1 is 1.26 bits per heavy atom. The molecule has 1 aromatic carbocycles. The molecule has 5 heteroatoms. The van der Waals surface area contributed by atoms with E-state index in [1.165, 1.54) is 0 Å². The van der Waals surface area contributed by atoms with Crippen molar-refractivity contribution in [1.29, 1.82) is 0 Å². The monoisotopic (exact) mass is 260 g/mol. The zero-order chi connectivity index (χ0) is 14.0. The third kappa shape index (κ3) is 2.19. The Labute approximate surface area is 110 Å². The molecule has 100 valence electrons. The first-order chi connectivity index (χ1) is 9.10. The summed E-state index contributed by atoms with van der Waals surface area (Å²) in [5.41, 5.74) is -0.0296. The van der Waals surface area contributed by atoms with Gasteiger partial charge in [-0.1, -0.05) is 12.1 Å². The molecule has 0 spiro atoms. The van der Waals surface area contributed by atoms with Crippen LogP contribution >= 0.6 is 0 Å². The average molecular weight is 260 g/mol. The van der Waals surface area contributed by atoms with Crippen molar-refractivity contribution < 1.29 is 9.90 Å². The minimum Gasteiger partial charge on any atom is -0.503 e. The van der Waals surface area contributed by atoms with Gasteiger partial charge >= 0.3 is 0 Å². The molecule has 1 amide bonds. The number of carbonyl (C=O) groups excluding carboxylic acids is 1. The lowest BCUT2D eigenvalue weighted by Gasteiger charge is -2.19. The zero-order valence-corrected chi connectivity index (χ0v) is 10.9. The van der Waals surface area contributed by atoms with Crippen LogP contribution in [0, 0.1) is 0 Å². The molecule has 0 bridgehead atoms. The van der Waals surface area contributed by atoms with Crippen molar-refractivity contribution >= 4 is 16.8 Å². The summed E-state index contributed by atoms with van der Waals surface area (Å²) in [7, 11) is 0. The van der Waals surface area contributed by atoms with Gasteiger partial charge in [0.15, 0.2) is 11.4 Å². The summed E-state index contributed by atoms with van der Waals surface area (Å²) >= 11 is 0. The molecule has 0 aliphatic heterocycles. The van der Waals surface area contributed by atoms with E-state index in [2.05, 4.69) is 4.98 Å². The van der Waals surface area contributed by atoms with Crippen LogP contribution in [0.25, 0.3) is 10.9 Å². The Morgan fingerprint density at radius 2 is 1.89 bits per heavy atom. The number of amides is 1. The Hall–Kier alpha value is -2.30. The van der Waals surface area contributed by atoms with Crippen LogP contribution in [-0.4, -0.2) is 34.0 Å². The van der Waals surface area contributed by atoms with Crippen molar-refractivity contribution in [3.05, 3.63) is 40.2 Å². The molecule has 0 radical (unpaired) electrons. The first-order valence-electron chi connectivity index (χ1n) is 6.23. The van der Waals surface area contributed by atoms with Crippen molar-refractivity contribution in [2.75, 3.05) is 13.1 Å². The fourth-order valence-electron chi connectivity index (χ4n) is 2.05. The van der Waals surface area contributed by atoms with Gasteiger partial charge in [-0.05, 0) is 26.0 Å². The molecule has 0 saturated heterocycles. The number of nitrogens with one attached hydrogen (secondary N) is 1. The van der Waals surface area contributed by atoms with E-state index < -0.39 is 11.2 Å². The maximum atomic E-state index is 12.2. The van der Waals surface area contributed by atoms with Crippen molar-refractivity contribution in [1.82, 2.24) is 9.88 Å². The molecular weight excluding hydrogens is 244 g/mol. The van der Waals surface area contributed by atoms with Crippen molar-refractivity contribution in [2.24, 2.45) is 0 Å². The standard InChI is InChI=1S/C14H16N2O3/c1-3-16(4-2)14(19)11-13(18)12(17)9-7-5-6-8-10(9)15-11/h5-8,18H,3-4H2,1-2H3,(H,15,17). The number of aromatic amines is 1. The van der Waals surface area contributed by atoms with Gasteiger partial charge in [0.05, 0.1) is 5.52 Å². The summed E-state index contributed by atoms with van der Waals surface area (Å²) in [6, 6.07) is 6.79. The summed E-state index contributed by atoms with van der Waals surface area (Å²) in [5.74, 6) is -0.888. The Kier molecular flexibility index (Phi) is 3.55. The highest BCUT2D eigenvalue weighted by Crippen LogP contribution is 2.17. The number of hydrogen-bond donors (Lipinski definition) is 2. The molecule has 0 fully saturated rings. The largest absolute Gasteiger partial charge is 0.503 e. The van der Waals surface area contributed by atoms with Crippen LogP contribution in [0.3, 0.4) is 0 Å². The Bertz CT molecular complexity index is 672. The number of nitrogens with zero attached hydrogens (tertiary/aromatic N) is 1. The van der Waals surface area contributed by atoms with Gasteiger partial charge < -0.3 is 15.0 Å². The lowest BCUT2D eigenvalue weighted by Crippen LogP contribution is -2.32. The molecule has 2 N–H and O–H groups in total. The molecule has 0 unspecified atom stereocenters. The van der Waals surface area contributed by atoms with E-state index in [-0.39, 0.29) is 11.6 Å². The van der Waals surface area contributed by atoms with Crippen molar-refractivity contribution in [3.8, 4) is 5.75 Å².